The molecule has 0 bridgehead atoms. The number of rotatable bonds is 8. The summed E-state index contributed by atoms with van der Waals surface area (Å²) in [6, 6.07) is 12.8. The Morgan fingerprint density at radius 3 is 2.24 bits per heavy atom. The maximum atomic E-state index is 13.4. The lowest BCUT2D eigenvalue weighted by atomic mass is 10.1. The van der Waals surface area contributed by atoms with Crippen LogP contribution in [-0.4, -0.2) is 49.5 Å². The van der Waals surface area contributed by atoms with Gasteiger partial charge in [-0.2, -0.15) is 0 Å². The normalized spacial score (nSPS) is 12.7. The molecule has 0 saturated heterocycles. The molecule has 10 heteroatoms. The van der Waals surface area contributed by atoms with Crippen LogP contribution in [0.3, 0.4) is 0 Å². The van der Waals surface area contributed by atoms with Gasteiger partial charge in [0, 0.05) is 21.6 Å². The number of hydrogen-bond donors (Lipinski definition) is 1. The number of hydrogen-bond acceptors (Lipinski definition) is 4. The van der Waals surface area contributed by atoms with Crippen molar-refractivity contribution in [1.82, 2.24) is 10.2 Å². The molecule has 1 unspecified atom stereocenters. The number of carbonyl (C=O) groups is 2. The molecule has 2 aromatic rings. The van der Waals surface area contributed by atoms with E-state index < -0.39 is 34.1 Å². The minimum absolute atomic E-state index is 0.116. The van der Waals surface area contributed by atoms with Crippen LogP contribution < -0.4 is 9.62 Å². The number of sulfonamides is 1. The van der Waals surface area contributed by atoms with Crippen LogP contribution in [-0.2, 0) is 26.2 Å². The highest BCUT2D eigenvalue weighted by Gasteiger charge is 2.31. The van der Waals surface area contributed by atoms with E-state index in [2.05, 4.69) is 21.2 Å². The van der Waals surface area contributed by atoms with Crippen molar-refractivity contribution in [2.24, 2.45) is 0 Å². The van der Waals surface area contributed by atoms with E-state index in [1.165, 1.54) is 4.90 Å². The van der Waals surface area contributed by atoms with Gasteiger partial charge >= 0.3 is 0 Å². The van der Waals surface area contributed by atoms with Gasteiger partial charge in [-0.15, -0.1) is 0 Å². The summed E-state index contributed by atoms with van der Waals surface area (Å²) < 4.78 is 26.8. The van der Waals surface area contributed by atoms with Gasteiger partial charge in [0.15, 0.2) is 0 Å². The summed E-state index contributed by atoms with van der Waals surface area (Å²) in [5, 5.41) is 3.43. The SMILES string of the molecule is CC(C(=O)NC(C)(C)C)N(Cc1ccc(Cl)cc1)C(=O)CN(c1cccc(Br)c1)S(C)(=O)=O. The van der Waals surface area contributed by atoms with Gasteiger partial charge in [-0.05, 0) is 63.6 Å². The summed E-state index contributed by atoms with van der Waals surface area (Å²) in [6.07, 6.45) is 1.04. The quantitative estimate of drug-likeness (QED) is 0.526. The maximum Gasteiger partial charge on any atom is 0.244 e. The standard InChI is InChI=1S/C23H29BrClN3O4S/c1-16(22(30)26-23(2,3)4)27(14-17-9-11-19(25)12-10-17)21(29)15-28(33(5,31)32)20-8-6-7-18(24)13-20/h6-13,16H,14-15H2,1-5H3,(H,26,30). The van der Waals surface area contributed by atoms with Gasteiger partial charge in [0.25, 0.3) is 0 Å². The Morgan fingerprint density at radius 2 is 1.73 bits per heavy atom. The van der Waals surface area contributed by atoms with E-state index in [0.717, 1.165) is 16.1 Å². The van der Waals surface area contributed by atoms with Gasteiger partial charge in [-0.25, -0.2) is 8.42 Å². The van der Waals surface area contributed by atoms with E-state index in [4.69, 9.17) is 11.6 Å². The Hall–Kier alpha value is -2.10. The number of carbonyl (C=O) groups excluding carboxylic acids is 2. The Bertz CT molecular complexity index is 1100. The topological polar surface area (TPSA) is 86.8 Å². The summed E-state index contributed by atoms with van der Waals surface area (Å²) in [7, 11) is -3.77. The molecule has 0 fully saturated rings. The smallest absolute Gasteiger partial charge is 0.244 e. The Balaban J connectivity index is 2.39. The molecule has 0 saturated carbocycles. The van der Waals surface area contributed by atoms with Crippen LogP contribution in [0, 0.1) is 0 Å². The Kier molecular flexibility index (Phi) is 8.95. The third-order valence-electron chi connectivity index (χ3n) is 4.71. The predicted molar refractivity (Wildman–Crippen MR) is 136 cm³/mol. The van der Waals surface area contributed by atoms with Crippen molar-refractivity contribution in [2.75, 3.05) is 17.1 Å². The summed E-state index contributed by atoms with van der Waals surface area (Å²) in [5.74, 6) is -0.843. The van der Waals surface area contributed by atoms with Crippen LogP contribution in [0.25, 0.3) is 0 Å². The number of nitrogens with one attached hydrogen (secondary N) is 1. The van der Waals surface area contributed by atoms with Crippen LogP contribution in [0.2, 0.25) is 5.02 Å². The number of anilines is 1. The Morgan fingerprint density at radius 1 is 1.12 bits per heavy atom. The first-order valence-corrected chi connectivity index (χ1v) is 13.3. The van der Waals surface area contributed by atoms with Gasteiger partial charge in [0.05, 0.1) is 11.9 Å². The molecule has 0 aliphatic heterocycles. The van der Waals surface area contributed by atoms with E-state index in [9.17, 15) is 18.0 Å². The second-order valence-electron chi connectivity index (χ2n) is 8.81. The molecule has 0 aliphatic rings. The molecule has 2 aromatic carbocycles. The summed E-state index contributed by atoms with van der Waals surface area (Å²) in [6.45, 7) is 6.84. The van der Waals surface area contributed by atoms with Crippen molar-refractivity contribution >= 4 is 55.1 Å². The number of halogens is 2. The van der Waals surface area contributed by atoms with Crippen molar-refractivity contribution in [1.29, 1.82) is 0 Å². The van der Waals surface area contributed by atoms with E-state index in [1.54, 1.807) is 55.5 Å². The molecule has 0 radical (unpaired) electrons. The lowest BCUT2D eigenvalue weighted by Crippen LogP contribution is -2.54. The molecule has 2 rings (SSSR count). The maximum absolute atomic E-state index is 13.4. The molecule has 180 valence electrons. The first kappa shape index (κ1) is 27.1. The highest BCUT2D eigenvalue weighted by molar-refractivity contribution is 9.10. The zero-order valence-electron chi connectivity index (χ0n) is 19.3. The number of benzene rings is 2. The fourth-order valence-corrected chi connectivity index (χ4v) is 4.44. The molecular formula is C23H29BrClN3O4S. The lowest BCUT2D eigenvalue weighted by Gasteiger charge is -2.33. The van der Waals surface area contributed by atoms with Crippen LogP contribution in [0.1, 0.15) is 33.3 Å². The molecule has 0 aliphatic carbocycles. The number of nitrogens with zero attached hydrogens (tertiary/aromatic N) is 2. The minimum Gasteiger partial charge on any atom is -0.350 e. The molecule has 0 heterocycles. The molecule has 0 spiro atoms. The molecule has 0 aromatic heterocycles. The molecule has 7 nitrogen and oxygen atoms in total. The van der Waals surface area contributed by atoms with Crippen molar-refractivity contribution < 1.29 is 18.0 Å². The molecule has 2 amide bonds. The van der Waals surface area contributed by atoms with Crippen molar-refractivity contribution in [3.05, 3.63) is 63.6 Å². The highest BCUT2D eigenvalue weighted by Crippen LogP contribution is 2.23. The van der Waals surface area contributed by atoms with E-state index in [-0.39, 0.29) is 12.5 Å². The van der Waals surface area contributed by atoms with Crippen LogP contribution in [0.4, 0.5) is 5.69 Å². The monoisotopic (exact) mass is 557 g/mol. The van der Waals surface area contributed by atoms with E-state index >= 15 is 0 Å². The molecule has 33 heavy (non-hydrogen) atoms. The zero-order chi connectivity index (χ0) is 25.0. The Labute approximate surface area is 209 Å². The summed E-state index contributed by atoms with van der Waals surface area (Å²) in [5.41, 5.74) is 0.616. The largest absolute Gasteiger partial charge is 0.350 e. The summed E-state index contributed by atoms with van der Waals surface area (Å²) >= 11 is 9.31. The molecule has 1 N–H and O–H groups in total. The number of amides is 2. The average Bonchev–Trinajstić information content (AvgIpc) is 2.68. The van der Waals surface area contributed by atoms with Crippen LogP contribution in [0.5, 0.6) is 0 Å². The second-order valence-corrected chi connectivity index (χ2v) is 12.1. The van der Waals surface area contributed by atoms with Crippen LogP contribution in [0.15, 0.2) is 53.0 Å². The fraction of sp³-hybridized carbons (Fsp3) is 0.391. The van der Waals surface area contributed by atoms with Crippen molar-refractivity contribution in [3.8, 4) is 0 Å². The van der Waals surface area contributed by atoms with Crippen molar-refractivity contribution in [3.63, 3.8) is 0 Å². The minimum atomic E-state index is -3.77. The zero-order valence-corrected chi connectivity index (χ0v) is 22.5. The average molecular weight is 559 g/mol. The first-order chi connectivity index (χ1) is 15.2. The van der Waals surface area contributed by atoms with Crippen LogP contribution >= 0.6 is 27.5 Å². The third-order valence-corrected chi connectivity index (χ3v) is 6.59. The lowest BCUT2D eigenvalue weighted by molar-refractivity contribution is -0.140. The predicted octanol–water partition coefficient (Wildman–Crippen LogP) is 4.20. The van der Waals surface area contributed by atoms with E-state index in [1.807, 2.05) is 20.8 Å². The van der Waals surface area contributed by atoms with Gasteiger partial charge in [-0.3, -0.25) is 13.9 Å². The summed E-state index contributed by atoms with van der Waals surface area (Å²) in [4.78, 5) is 27.7. The molecule has 1 atom stereocenters. The van der Waals surface area contributed by atoms with E-state index in [0.29, 0.717) is 15.2 Å². The van der Waals surface area contributed by atoms with Crippen molar-refractivity contribution in [2.45, 2.75) is 45.8 Å². The van der Waals surface area contributed by atoms with Gasteiger partial charge in [-0.1, -0.05) is 45.7 Å². The fourth-order valence-electron chi connectivity index (χ4n) is 3.09. The van der Waals surface area contributed by atoms with Gasteiger partial charge in [0.1, 0.15) is 12.6 Å². The second kappa shape index (κ2) is 10.9. The van der Waals surface area contributed by atoms with Gasteiger partial charge in [0.2, 0.25) is 21.8 Å². The highest BCUT2D eigenvalue weighted by atomic mass is 79.9. The first-order valence-electron chi connectivity index (χ1n) is 10.3. The third kappa shape index (κ3) is 8.32. The van der Waals surface area contributed by atoms with Gasteiger partial charge < -0.3 is 10.2 Å². The molecular weight excluding hydrogens is 530 g/mol.